The summed E-state index contributed by atoms with van der Waals surface area (Å²) in [6.45, 7) is 8.47. The SMILES string of the molecule is CC(C)(C)CS(=O)(=O)N1CCN(CC(=N)N)CC1. The Morgan fingerprint density at radius 3 is 2.11 bits per heavy atom. The van der Waals surface area contributed by atoms with E-state index in [0.717, 1.165) is 0 Å². The van der Waals surface area contributed by atoms with Crippen LogP contribution < -0.4 is 5.73 Å². The lowest BCUT2D eigenvalue weighted by atomic mass is 10.0. The van der Waals surface area contributed by atoms with Crippen LogP contribution in [0.5, 0.6) is 0 Å². The minimum atomic E-state index is -3.17. The van der Waals surface area contributed by atoms with Gasteiger partial charge >= 0.3 is 0 Å². The second-order valence-corrected chi connectivity index (χ2v) is 7.99. The largest absolute Gasteiger partial charge is 0.387 e. The molecule has 0 radical (unpaired) electrons. The zero-order valence-corrected chi connectivity index (χ0v) is 12.3. The van der Waals surface area contributed by atoms with E-state index in [9.17, 15) is 8.42 Å². The van der Waals surface area contributed by atoms with Gasteiger partial charge < -0.3 is 5.73 Å². The first-order valence-corrected chi connectivity index (χ1v) is 7.74. The van der Waals surface area contributed by atoms with Gasteiger partial charge in [-0.15, -0.1) is 0 Å². The van der Waals surface area contributed by atoms with Crippen molar-refractivity contribution in [2.24, 2.45) is 11.1 Å². The van der Waals surface area contributed by atoms with Gasteiger partial charge in [-0.2, -0.15) is 4.31 Å². The third-order valence-corrected chi connectivity index (χ3v) is 5.12. The molecule has 0 bridgehead atoms. The number of nitrogens with zero attached hydrogens (tertiary/aromatic N) is 2. The fourth-order valence-electron chi connectivity index (χ4n) is 2.05. The zero-order valence-electron chi connectivity index (χ0n) is 11.4. The van der Waals surface area contributed by atoms with E-state index in [1.807, 2.05) is 25.7 Å². The van der Waals surface area contributed by atoms with Gasteiger partial charge in [0, 0.05) is 26.2 Å². The van der Waals surface area contributed by atoms with E-state index < -0.39 is 10.0 Å². The van der Waals surface area contributed by atoms with Crippen LogP contribution in [-0.4, -0.2) is 61.9 Å². The van der Waals surface area contributed by atoms with Crippen molar-refractivity contribution < 1.29 is 8.42 Å². The van der Waals surface area contributed by atoms with Gasteiger partial charge in [-0.25, -0.2) is 8.42 Å². The Labute approximate surface area is 110 Å². The lowest BCUT2D eigenvalue weighted by Crippen LogP contribution is -2.51. The van der Waals surface area contributed by atoms with Gasteiger partial charge in [-0.1, -0.05) is 20.8 Å². The number of rotatable bonds is 4. The molecule has 1 saturated heterocycles. The predicted molar refractivity (Wildman–Crippen MR) is 73.2 cm³/mol. The van der Waals surface area contributed by atoms with Crippen LogP contribution in [0, 0.1) is 10.8 Å². The Bertz CT molecular complexity index is 392. The Hall–Kier alpha value is -0.660. The molecular weight excluding hydrogens is 252 g/mol. The molecule has 0 spiro atoms. The number of nitrogens with one attached hydrogen (secondary N) is 1. The standard InChI is InChI=1S/C11H24N4O2S/c1-11(2,3)9-18(16,17)15-6-4-14(5-7-15)8-10(12)13/h4-9H2,1-3H3,(H3,12,13). The van der Waals surface area contributed by atoms with Crippen molar-refractivity contribution in [3.8, 4) is 0 Å². The van der Waals surface area contributed by atoms with Crippen molar-refractivity contribution in [3.63, 3.8) is 0 Å². The first kappa shape index (κ1) is 15.4. The second kappa shape index (κ2) is 5.54. The summed E-state index contributed by atoms with van der Waals surface area (Å²) >= 11 is 0. The lowest BCUT2D eigenvalue weighted by molar-refractivity contribution is 0.207. The van der Waals surface area contributed by atoms with Crippen molar-refractivity contribution in [3.05, 3.63) is 0 Å². The summed E-state index contributed by atoms with van der Waals surface area (Å²) < 4.78 is 25.9. The van der Waals surface area contributed by atoms with Gasteiger partial charge in [0.2, 0.25) is 10.0 Å². The zero-order chi connectivity index (χ0) is 14.0. The molecule has 0 aliphatic carbocycles. The van der Waals surface area contributed by atoms with Crippen molar-refractivity contribution in [1.29, 1.82) is 5.41 Å². The highest BCUT2D eigenvalue weighted by molar-refractivity contribution is 7.89. The summed E-state index contributed by atoms with van der Waals surface area (Å²) in [5.41, 5.74) is 5.11. The Balaban J connectivity index is 2.55. The van der Waals surface area contributed by atoms with Gasteiger partial charge in [0.1, 0.15) is 5.84 Å². The van der Waals surface area contributed by atoms with Gasteiger partial charge in [-0.05, 0) is 5.41 Å². The maximum Gasteiger partial charge on any atom is 0.214 e. The quantitative estimate of drug-likeness (QED) is 0.555. The third kappa shape index (κ3) is 4.91. The van der Waals surface area contributed by atoms with Crippen molar-refractivity contribution in [2.75, 3.05) is 38.5 Å². The topological polar surface area (TPSA) is 90.5 Å². The van der Waals surface area contributed by atoms with Crippen LogP contribution in [0.1, 0.15) is 20.8 Å². The summed E-state index contributed by atoms with van der Waals surface area (Å²) in [5.74, 6) is 0.299. The van der Waals surface area contributed by atoms with Crippen molar-refractivity contribution >= 4 is 15.9 Å². The van der Waals surface area contributed by atoms with Crippen LogP contribution in [0.3, 0.4) is 0 Å². The summed E-state index contributed by atoms with van der Waals surface area (Å²) in [6.07, 6.45) is 0. The minimum Gasteiger partial charge on any atom is -0.387 e. The van der Waals surface area contributed by atoms with Crippen molar-refractivity contribution in [1.82, 2.24) is 9.21 Å². The molecule has 7 heteroatoms. The highest BCUT2D eigenvalue weighted by Gasteiger charge is 2.30. The number of piperazine rings is 1. The van der Waals surface area contributed by atoms with E-state index >= 15 is 0 Å². The molecule has 3 N–H and O–H groups in total. The van der Waals surface area contributed by atoms with E-state index in [0.29, 0.717) is 32.7 Å². The van der Waals surface area contributed by atoms with Crippen LogP contribution in [0.25, 0.3) is 0 Å². The molecule has 0 aromatic rings. The average molecular weight is 276 g/mol. The molecule has 18 heavy (non-hydrogen) atoms. The first-order chi connectivity index (χ1) is 8.10. The molecule has 0 amide bonds. The molecule has 0 unspecified atom stereocenters. The molecule has 1 rings (SSSR count). The smallest absolute Gasteiger partial charge is 0.214 e. The first-order valence-electron chi connectivity index (χ1n) is 6.13. The number of hydrogen-bond donors (Lipinski definition) is 2. The van der Waals surface area contributed by atoms with Crippen LogP contribution in [0.15, 0.2) is 0 Å². The molecule has 1 heterocycles. The monoisotopic (exact) mass is 276 g/mol. The van der Waals surface area contributed by atoms with Crippen LogP contribution in [0.4, 0.5) is 0 Å². The number of hydrogen-bond acceptors (Lipinski definition) is 4. The molecule has 0 atom stereocenters. The van der Waals surface area contributed by atoms with Crippen molar-refractivity contribution in [2.45, 2.75) is 20.8 Å². The summed E-state index contributed by atoms with van der Waals surface area (Å²) in [6, 6.07) is 0. The molecule has 0 aromatic heterocycles. The van der Waals surface area contributed by atoms with Crippen LogP contribution in [0.2, 0.25) is 0 Å². The maximum absolute atomic E-state index is 12.2. The normalized spacial score (nSPS) is 19.9. The molecular formula is C11H24N4O2S. The molecule has 0 aromatic carbocycles. The van der Waals surface area contributed by atoms with Crippen LogP contribution in [-0.2, 0) is 10.0 Å². The summed E-state index contributed by atoms with van der Waals surface area (Å²) in [5, 5.41) is 7.23. The fourth-order valence-corrected chi connectivity index (χ4v) is 4.04. The number of nitrogens with two attached hydrogens (primary N) is 1. The molecule has 1 aliphatic heterocycles. The Kier molecular flexibility index (Phi) is 4.74. The highest BCUT2D eigenvalue weighted by Crippen LogP contribution is 2.19. The molecule has 1 fully saturated rings. The molecule has 6 nitrogen and oxygen atoms in total. The second-order valence-electron chi connectivity index (χ2n) is 6.02. The molecule has 0 saturated carbocycles. The molecule has 1 aliphatic rings. The number of amidine groups is 1. The maximum atomic E-state index is 12.2. The van der Waals surface area contributed by atoms with E-state index in [4.69, 9.17) is 11.1 Å². The average Bonchev–Trinajstić information content (AvgIpc) is 2.13. The van der Waals surface area contributed by atoms with E-state index in [-0.39, 0.29) is 17.0 Å². The summed E-state index contributed by atoms with van der Waals surface area (Å²) in [4.78, 5) is 2.01. The fraction of sp³-hybridized carbons (Fsp3) is 0.909. The lowest BCUT2D eigenvalue weighted by Gasteiger charge is -2.35. The van der Waals surface area contributed by atoms with Gasteiger partial charge in [0.25, 0.3) is 0 Å². The summed E-state index contributed by atoms with van der Waals surface area (Å²) in [7, 11) is -3.17. The predicted octanol–water partition coefficient (Wildman–Crippen LogP) is -0.0841. The van der Waals surface area contributed by atoms with Crippen LogP contribution >= 0.6 is 0 Å². The Morgan fingerprint density at radius 1 is 1.22 bits per heavy atom. The third-order valence-electron chi connectivity index (χ3n) is 2.73. The van der Waals surface area contributed by atoms with Gasteiger partial charge in [0.05, 0.1) is 12.3 Å². The van der Waals surface area contributed by atoms with Gasteiger partial charge in [0.15, 0.2) is 0 Å². The Morgan fingerprint density at radius 2 is 1.72 bits per heavy atom. The molecule has 106 valence electrons. The van der Waals surface area contributed by atoms with E-state index in [1.165, 1.54) is 0 Å². The van der Waals surface area contributed by atoms with Gasteiger partial charge in [-0.3, -0.25) is 10.3 Å². The number of sulfonamides is 1. The van der Waals surface area contributed by atoms with E-state index in [1.54, 1.807) is 4.31 Å². The minimum absolute atomic E-state index is 0.126. The van der Waals surface area contributed by atoms with E-state index in [2.05, 4.69) is 0 Å². The highest BCUT2D eigenvalue weighted by atomic mass is 32.2.